The standard InChI is InChI=1S/C12H16BrN3S/c1-9-10(6-15-16-9)3-2-4-14-7-12-5-11(13)8-17-12/h5-6,8,14H,2-4,7H2,1H3,(H,15,16). The van der Waals surface area contributed by atoms with Gasteiger partial charge in [-0.2, -0.15) is 5.10 Å². The smallest absolute Gasteiger partial charge is 0.0522 e. The molecule has 0 aliphatic rings. The lowest BCUT2D eigenvalue weighted by atomic mass is 10.1. The summed E-state index contributed by atoms with van der Waals surface area (Å²) >= 11 is 5.24. The average molecular weight is 314 g/mol. The predicted molar refractivity (Wildman–Crippen MR) is 75.4 cm³/mol. The lowest BCUT2D eigenvalue weighted by Crippen LogP contribution is -2.14. The molecule has 2 heterocycles. The highest BCUT2D eigenvalue weighted by atomic mass is 79.9. The molecule has 0 aromatic carbocycles. The van der Waals surface area contributed by atoms with Gasteiger partial charge in [-0.15, -0.1) is 11.3 Å². The highest BCUT2D eigenvalue weighted by Crippen LogP contribution is 2.19. The largest absolute Gasteiger partial charge is 0.312 e. The van der Waals surface area contributed by atoms with Crippen LogP contribution in [0.2, 0.25) is 0 Å². The molecule has 0 aliphatic heterocycles. The van der Waals surface area contributed by atoms with Gasteiger partial charge in [0.2, 0.25) is 0 Å². The number of rotatable bonds is 6. The van der Waals surface area contributed by atoms with E-state index in [4.69, 9.17) is 0 Å². The minimum atomic E-state index is 0.959. The Labute approximate surface area is 114 Å². The summed E-state index contributed by atoms with van der Waals surface area (Å²) in [5.74, 6) is 0. The Kier molecular flexibility index (Phi) is 4.76. The van der Waals surface area contributed by atoms with Crippen molar-refractivity contribution in [1.82, 2.24) is 15.5 Å². The fraction of sp³-hybridized carbons (Fsp3) is 0.417. The number of nitrogens with zero attached hydrogens (tertiary/aromatic N) is 1. The van der Waals surface area contributed by atoms with E-state index in [2.05, 4.69) is 49.8 Å². The third-order valence-electron chi connectivity index (χ3n) is 2.65. The average Bonchev–Trinajstić information content (AvgIpc) is 2.88. The first-order valence-electron chi connectivity index (χ1n) is 5.68. The van der Waals surface area contributed by atoms with Gasteiger partial charge in [-0.25, -0.2) is 0 Å². The van der Waals surface area contributed by atoms with E-state index in [-0.39, 0.29) is 0 Å². The van der Waals surface area contributed by atoms with Crippen molar-refractivity contribution in [1.29, 1.82) is 0 Å². The molecular formula is C12H16BrN3S. The number of hydrogen-bond acceptors (Lipinski definition) is 3. The summed E-state index contributed by atoms with van der Waals surface area (Å²) in [7, 11) is 0. The minimum Gasteiger partial charge on any atom is -0.312 e. The van der Waals surface area contributed by atoms with Gasteiger partial charge in [-0.3, -0.25) is 5.10 Å². The summed E-state index contributed by atoms with van der Waals surface area (Å²) in [6.07, 6.45) is 4.15. The molecule has 0 amide bonds. The highest BCUT2D eigenvalue weighted by Gasteiger charge is 2.00. The van der Waals surface area contributed by atoms with E-state index < -0.39 is 0 Å². The summed E-state index contributed by atoms with van der Waals surface area (Å²) in [4.78, 5) is 1.37. The van der Waals surface area contributed by atoms with E-state index in [0.29, 0.717) is 0 Å². The van der Waals surface area contributed by atoms with Crippen molar-refractivity contribution in [3.63, 3.8) is 0 Å². The molecule has 5 heteroatoms. The lowest BCUT2D eigenvalue weighted by Gasteiger charge is -2.02. The molecule has 0 spiro atoms. The zero-order valence-electron chi connectivity index (χ0n) is 9.79. The van der Waals surface area contributed by atoms with Crippen LogP contribution in [0.15, 0.2) is 22.1 Å². The SMILES string of the molecule is Cc1[nH]ncc1CCCNCc1cc(Br)cs1. The molecule has 0 unspecified atom stereocenters. The topological polar surface area (TPSA) is 40.7 Å². The number of aromatic amines is 1. The maximum Gasteiger partial charge on any atom is 0.0522 e. The summed E-state index contributed by atoms with van der Waals surface area (Å²) in [5.41, 5.74) is 2.51. The van der Waals surface area contributed by atoms with Crippen LogP contribution in [0.3, 0.4) is 0 Å². The normalized spacial score (nSPS) is 10.9. The van der Waals surface area contributed by atoms with Crippen LogP contribution in [0, 0.1) is 6.92 Å². The van der Waals surface area contributed by atoms with Gasteiger partial charge in [0.1, 0.15) is 0 Å². The van der Waals surface area contributed by atoms with Crippen molar-refractivity contribution < 1.29 is 0 Å². The zero-order chi connectivity index (χ0) is 12.1. The molecule has 0 saturated carbocycles. The summed E-state index contributed by atoms with van der Waals surface area (Å²) in [6.45, 7) is 4.07. The van der Waals surface area contributed by atoms with Crippen molar-refractivity contribution in [2.24, 2.45) is 0 Å². The van der Waals surface area contributed by atoms with E-state index in [1.165, 1.54) is 20.6 Å². The van der Waals surface area contributed by atoms with Gasteiger partial charge >= 0.3 is 0 Å². The van der Waals surface area contributed by atoms with E-state index >= 15 is 0 Å². The Hall–Kier alpha value is -0.650. The second-order valence-corrected chi connectivity index (χ2v) is 5.94. The van der Waals surface area contributed by atoms with Crippen LogP contribution >= 0.6 is 27.3 Å². The van der Waals surface area contributed by atoms with Crippen LogP contribution in [0.4, 0.5) is 0 Å². The van der Waals surface area contributed by atoms with Crippen LogP contribution in [0.5, 0.6) is 0 Å². The molecular weight excluding hydrogens is 298 g/mol. The van der Waals surface area contributed by atoms with Gasteiger partial charge in [-0.05, 0) is 53.9 Å². The molecule has 2 N–H and O–H groups in total. The number of aromatic nitrogens is 2. The van der Waals surface area contributed by atoms with E-state index in [1.54, 1.807) is 11.3 Å². The van der Waals surface area contributed by atoms with Crippen LogP contribution in [0.1, 0.15) is 22.6 Å². The van der Waals surface area contributed by atoms with Crippen molar-refractivity contribution >= 4 is 27.3 Å². The number of thiophene rings is 1. The first-order valence-corrected chi connectivity index (χ1v) is 7.35. The summed E-state index contributed by atoms with van der Waals surface area (Å²) in [5, 5.41) is 12.6. The van der Waals surface area contributed by atoms with Gasteiger partial charge in [0, 0.05) is 27.0 Å². The second kappa shape index (κ2) is 6.33. The minimum absolute atomic E-state index is 0.959. The molecule has 3 nitrogen and oxygen atoms in total. The molecule has 0 aliphatic carbocycles. The molecule has 92 valence electrons. The fourth-order valence-corrected chi connectivity index (χ4v) is 3.11. The highest BCUT2D eigenvalue weighted by molar-refractivity contribution is 9.10. The fourth-order valence-electron chi connectivity index (χ4n) is 1.69. The quantitative estimate of drug-likeness (QED) is 0.804. The summed E-state index contributed by atoms with van der Waals surface area (Å²) < 4.78 is 1.17. The molecule has 0 atom stereocenters. The molecule has 0 fully saturated rings. The van der Waals surface area contributed by atoms with Crippen molar-refractivity contribution in [2.75, 3.05) is 6.54 Å². The van der Waals surface area contributed by atoms with Crippen LogP contribution < -0.4 is 5.32 Å². The van der Waals surface area contributed by atoms with E-state index in [1.807, 2.05) is 6.20 Å². The third kappa shape index (κ3) is 3.94. The van der Waals surface area contributed by atoms with Gasteiger partial charge in [0.05, 0.1) is 6.20 Å². The number of aryl methyl sites for hydroxylation is 2. The zero-order valence-corrected chi connectivity index (χ0v) is 12.2. The Morgan fingerprint density at radius 1 is 1.53 bits per heavy atom. The molecule has 2 aromatic heterocycles. The van der Waals surface area contributed by atoms with Gasteiger partial charge in [-0.1, -0.05) is 0 Å². The molecule has 17 heavy (non-hydrogen) atoms. The molecule has 0 bridgehead atoms. The Bertz CT molecular complexity index is 464. The Morgan fingerprint density at radius 2 is 2.41 bits per heavy atom. The Balaban J connectivity index is 1.62. The summed E-state index contributed by atoms with van der Waals surface area (Å²) in [6, 6.07) is 2.16. The number of nitrogens with one attached hydrogen (secondary N) is 2. The monoisotopic (exact) mass is 313 g/mol. The molecule has 2 rings (SSSR count). The number of hydrogen-bond donors (Lipinski definition) is 2. The van der Waals surface area contributed by atoms with Crippen LogP contribution in [0.25, 0.3) is 0 Å². The van der Waals surface area contributed by atoms with Gasteiger partial charge in [0.25, 0.3) is 0 Å². The van der Waals surface area contributed by atoms with E-state index in [9.17, 15) is 0 Å². The van der Waals surface area contributed by atoms with Crippen LogP contribution in [-0.2, 0) is 13.0 Å². The van der Waals surface area contributed by atoms with Crippen molar-refractivity contribution in [3.05, 3.63) is 38.3 Å². The van der Waals surface area contributed by atoms with Crippen molar-refractivity contribution in [2.45, 2.75) is 26.3 Å². The number of halogens is 1. The Morgan fingerprint density at radius 3 is 3.06 bits per heavy atom. The maximum atomic E-state index is 4.02. The van der Waals surface area contributed by atoms with Gasteiger partial charge in [0.15, 0.2) is 0 Å². The van der Waals surface area contributed by atoms with Crippen molar-refractivity contribution in [3.8, 4) is 0 Å². The molecule has 2 aromatic rings. The number of H-pyrrole nitrogens is 1. The second-order valence-electron chi connectivity index (χ2n) is 4.03. The van der Waals surface area contributed by atoms with E-state index in [0.717, 1.165) is 25.9 Å². The molecule has 0 radical (unpaired) electrons. The first-order chi connectivity index (χ1) is 8.25. The van der Waals surface area contributed by atoms with Gasteiger partial charge < -0.3 is 5.32 Å². The third-order valence-corrected chi connectivity index (χ3v) is 4.35. The maximum absolute atomic E-state index is 4.02. The van der Waals surface area contributed by atoms with Crippen LogP contribution in [-0.4, -0.2) is 16.7 Å². The molecule has 0 saturated heterocycles. The lowest BCUT2D eigenvalue weighted by molar-refractivity contribution is 0.653. The predicted octanol–water partition coefficient (Wildman–Crippen LogP) is 3.26. The first kappa shape index (κ1) is 12.8.